The maximum Gasteiger partial charge on any atom is 0.413 e. The molecule has 0 amide bonds. The van der Waals surface area contributed by atoms with E-state index in [0.717, 1.165) is 26.9 Å². The van der Waals surface area contributed by atoms with E-state index in [9.17, 15) is 23.7 Å². The molecule has 0 saturated heterocycles. The van der Waals surface area contributed by atoms with Crippen LogP contribution < -0.4 is 10.6 Å². The van der Waals surface area contributed by atoms with E-state index in [-0.39, 0.29) is 29.5 Å². The Kier molecular flexibility index (Phi) is 7.84. The number of benzene rings is 2. The number of anilines is 2. The Balaban J connectivity index is 1.51. The standard InChI is InChI=1S/C35H32F3N9/c1-21-26(22-8-12-41-13-9-22)6-5-7-27(21)32(29-19-47(46-45-29)34(10-11-34)35(36,37)38)44-25-14-23(16-39)30-28(15-25)31(24(17-40)18-42-30)43-20-33(2,3)4/h5-9,12-15,18-19,32,44H,10-11,20H2,1-4H3,(H,42,43). The van der Waals surface area contributed by atoms with Crippen molar-refractivity contribution in [3.05, 3.63) is 95.2 Å². The van der Waals surface area contributed by atoms with Gasteiger partial charge in [0.1, 0.15) is 17.8 Å². The van der Waals surface area contributed by atoms with Crippen LogP contribution in [0.5, 0.6) is 0 Å². The topological polar surface area (TPSA) is 128 Å². The lowest BCUT2D eigenvalue weighted by Crippen LogP contribution is -2.35. The lowest BCUT2D eigenvalue weighted by Gasteiger charge is -2.24. The lowest BCUT2D eigenvalue weighted by molar-refractivity contribution is -0.182. The van der Waals surface area contributed by atoms with Crippen molar-refractivity contribution in [3.63, 3.8) is 0 Å². The summed E-state index contributed by atoms with van der Waals surface area (Å²) in [5.41, 5.74) is 3.65. The molecule has 0 spiro atoms. The Morgan fingerprint density at radius 2 is 1.74 bits per heavy atom. The van der Waals surface area contributed by atoms with Crippen molar-refractivity contribution in [2.24, 2.45) is 5.41 Å². The van der Waals surface area contributed by atoms with Gasteiger partial charge < -0.3 is 10.6 Å². The van der Waals surface area contributed by atoms with E-state index in [1.807, 2.05) is 37.3 Å². The van der Waals surface area contributed by atoms with Gasteiger partial charge in [0, 0.05) is 36.2 Å². The average molecular weight is 636 g/mol. The lowest BCUT2D eigenvalue weighted by atomic mass is 9.92. The second kappa shape index (κ2) is 11.7. The number of hydrogen-bond donors (Lipinski definition) is 2. The van der Waals surface area contributed by atoms with Crippen LogP contribution in [-0.2, 0) is 5.54 Å². The molecule has 3 aromatic heterocycles. The van der Waals surface area contributed by atoms with Crippen LogP contribution >= 0.6 is 0 Å². The number of fused-ring (bicyclic) bond motifs is 1. The molecule has 47 heavy (non-hydrogen) atoms. The van der Waals surface area contributed by atoms with Crippen LogP contribution in [0.3, 0.4) is 0 Å². The Labute approximate surface area is 270 Å². The number of nitriles is 2. The maximum atomic E-state index is 14.1. The number of aromatic nitrogens is 5. The Morgan fingerprint density at radius 1 is 1.02 bits per heavy atom. The van der Waals surface area contributed by atoms with Crippen LogP contribution in [0.1, 0.15) is 67.6 Å². The van der Waals surface area contributed by atoms with Gasteiger partial charge in [0.2, 0.25) is 0 Å². The third-order valence-corrected chi connectivity index (χ3v) is 8.49. The SMILES string of the molecule is Cc1c(-c2ccncc2)cccc1C(Nc1cc(C#N)c2ncc(C#N)c(NCC(C)(C)C)c2c1)c1cn(C2(C(F)(F)F)CC2)nn1. The summed E-state index contributed by atoms with van der Waals surface area (Å²) in [6, 6.07) is 16.6. The predicted octanol–water partition coefficient (Wildman–Crippen LogP) is 7.65. The smallest absolute Gasteiger partial charge is 0.383 e. The summed E-state index contributed by atoms with van der Waals surface area (Å²) in [6.45, 7) is 8.69. The van der Waals surface area contributed by atoms with Crippen LogP contribution in [0, 0.1) is 35.0 Å². The molecule has 0 radical (unpaired) electrons. The first-order chi connectivity index (χ1) is 22.3. The van der Waals surface area contributed by atoms with Crippen molar-refractivity contribution in [2.45, 2.75) is 58.3 Å². The van der Waals surface area contributed by atoms with Crippen LogP contribution in [0.15, 0.2) is 67.3 Å². The molecule has 0 bridgehead atoms. The zero-order valence-electron chi connectivity index (χ0n) is 26.3. The molecule has 1 unspecified atom stereocenters. The summed E-state index contributed by atoms with van der Waals surface area (Å²) in [4.78, 5) is 8.55. The van der Waals surface area contributed by atoms with Gasteiger partial charge in [0.05, 0.1) is 34.6 Å². The highest BCUT2D eigenvalue weighted by atomic mass is 19.4. The van der Waals surface area contributed by atoms with Gasteiger partial charge in [0.15, 0.2) is 5.54 Å². The molecule has 6 rings (SSSR count). The monoisotopic (exact) mass is 635 g/mol. The minimum Gasteiger partial charge on any atom is -0.383 e. The largest absolute Gasteiger partial charge is 0.413 e. The molecule has 1 saturated carbocycles. The molecule has 2 N–H and O–H groups in total. The van der Waals surface area contributed by atoms with Gasteiger partial charge in [-0.05, 0) is 71.7 Å². The second-order valence-corrected chi connectivity index (χ2v) is 13.1. The first kappa shape index (κ1) is 31.5. The Morgan fingerprint density at radius 3 is 2.38 bits per heavy atom. The van der Waals surface area contributed by atoms with Gasteiger partial charge in [-0.1, -0.05) is 44.2 Å². The van der Waals surface area contributed by atoms with E-state index in [0.29, 0.717) is 34.4 Å². The molecule has 3 heterocycles. The van der Waals surface area contributed by atoms with Crippen molar-refractivity contribution in [1.29, 1.82) is 10.5 Å². The third kappa shape index (κ3) is 5.95. The van der Waals surface area contributed by atoms with Crippen molar-refractivity contribution >= 4 is 22.3 Å². The van der Waals surface area contributed by atoms with Crippen molar-refractivity contribution < 1.29 is 13.2 Å². The van der Waals surface area contributed by atoms with E-state index in [1.54, 1.807) is 24.5 Å². The van der Waals surface area contributed by atoms with Crippen LogP contribution in [0.25, 0.3) is 22.0 Å². The fraction of sp³-hybridized carbons (Fsp3) is 0.314. The van der Waals surface area contributed by atoms with Crippen molar-refractivity contribution in [3.8, 4) is 23.3 Å². The zero-order valence-corrected chi connectivity index (χ0v) is 26.3. The number of nitrogens with zero attached hydrogens (tertiary/aromatic N) is 7. The molecule has 1 fully saturated rings. The summed E-state index contributed by atoms with van der Waals surface area (Å²) in [6.07, 6.45) is 1.59. The number of alkyl halides is 3. The highest BCUT2D eigenvalue weighted by Gasteiger charge is 2.66. The summed E-state index contributed by atoms with van der Waals surface area (Å²) >= 11 is 0. The molecule has 2 aromatic carbocycles. The third-order valence-electron chi connectivity index (χ3n) is 8.49. The van der Waals surface area contributed by atoms with Crippen molar-refractivity contribution in [2.75, 3.05) is 17.2 Å². The van der Waals surface area contributed by atoms with Crippen LogP contribution in [0.2, 0.25) is 0 Å². The summed E-state index contributed by atoms with van der Waals surface area (Å²) in [5.74, 6) is 0. The van der Waals surface area contributed by atoms with E-state index in [4.69, 9.17) is 0 Å². The van der Waals surface area contributed by atoms with Crippen LogP contribution in [0.4, 0.5) is 24.5 Å². The highest BCUT2D eigenvalue weighted by Crippen LogP contribution is 2.55. The van der Waals surface area contributed by atoms with E-state index >= 15 is 0 Å². The van der Waals surface area contributed by atoms with Gasteiger partial charge >= 0.3 is 6.18 Å². The van der Waals surface area contributed by atoms with E-state index in [1.165, 1.54) is 12.4 Å². The minimum atomic E-state index is -4.47. The number of nitrogens with one attached hydrogen (secondary N) is 2. The molecule has 1 aliphatic rings. The minimum absolute atomic E-state index is 0.0667. The highest BCUT2D eigenvalue weighted by molar-refractivity contribution is 5.99. The van der Waals surface area contributed by atoms with Gasteiger partial charge in [-0.2, -0.15) is 23.7 Å². The van der Waals surface area contributed by atoms with Gasteiger partial charge in [-0.15, -0.1) is 5.10 Å². The molecular formula is C35H32F3N9. The zero-order chi connectivity index (χ0) is 33.6. The predicted molar refractivity (Wildman–Crippen MR) is 172 cm³/mol. The molecule has 0 aliphatic heterocycles. The van der Waals surface area contributed by atoms with Gasteiger partial charge in [-0.25, -0.2) is 4.68 Å². The summed E-state index contributed by atoms with van der Waals surface area (Å²) < 4.78 is 43.1. The molecule has 12 heteroatoms. The van der Waals surface area contributed by atoms with Crippen molar-refractivity contribution in [1.82, 2.24) is 25.0 Å². The molecule has 238 valence electrons. The molecule has 1 atom stereocenters. The number of halogens is 3. The van der Waals surface area contributed by atoms with E-state index < -0.39 is 17.8 Å². The number of hydrogen-bond acceptors (Lipinski definition) is 8. The first-order valence-electron chi connectivity index (χ1n) is 15.1. The Hall–Kier alpha value is -5.49. The summed E-state index contributed by atoms with van der Waals surface area (Å²) in [7, 11) is 0. The average Bonchev–Trinajstić information content (AvgIpc) is 3.73. The number of pyridine rings is 2. The maximum absolute atomic E-state index is 14.1. The molecule has 5 aromatic rings. The normalized spacial score (nSPS) is 14.7. The fourth-order valence-electron chi connectivity index (χ4n) is 5.77. The fourth-order valence-corrected chi connectivity index (χ4v) is 5.77. The Bertz CT molecular complexity index is 2040. The van der Waals surface area contributed by atoms with Crippen LogP contribution in [-0.4, -0.2) is 37.7 Å². The van der Waals surface area contributed by atoms with Gasteiger partial charge in [0.25, 0.3) is 0 Å². The molecule has 1 aliphatic carbocycles. The van der Waals surface area contributed by atoms with Gasteiger partial charge in [-0.3, -0.25) is 9.97 Å². The molecule has 9 nitrogen and oxygen atoms in total. The quantitative estimate of drug-likeness (QED) is 0.178. The molecular weight excluding hydrogens is 603 g/mol. The first-order valence-corrected chi connectivity index (χ1v) is 15.1. The second-order valence-electron chi connectivity index (χ2n) is 13.1. The number of rotatable bonds is 8. The summed E-state index contributed by atoms with van der Waals surface area (Å²) in [5, 5.41) is 35.7. The van der Waals surface area contributed by atoms with E-state index in [2.05, 4.69) is 63.8 Å².